The summed E-state index contributed by atoms with van der Waals surface area (Å²) in [6.45, 7) is 4.84. The Kier molecular flexibility index (Phi) is 4.86. The lowest BCUT2D eigenvalue weighted by Gasteiger charge is -2.31. The molecule has 1 saturated heterocycles. The minimum absolute atomic E-state index is 0.0511. The van der Waals surface area contributed by atoms with Gasteiger partial charge in [-0.05, 0) is 79.9 Å². The summed E-state index contributed by atoms with van der Waals surface area (Å²) in [7, 11) is 1.67. The first kappa shape index (κ1) is 19.7. The number of nitrogens with one attached hydrogen (secondary N) is 1. The number of likely N-dealkylation sites (tertiary alicyclic amines) is 1. The van der Waals surface area contributed by atoms with Gasteiger partial charge >= 0.3 is 0 Å². The third-order valence-corrected chi connectivity index (χ3v) is 7.16. The van der Waals surface area contributed by atoms with E-state index in [1.165, 1.54) is 42.8 Å². The first-order valence-corrected chi connectivity index (χ1v) is 11.7. The van der Waals surface area contributed by atoms with Crippen LogP contribution in [0.3, 0.4) is 0 Å². The molecule has 6 rings (SSSR count). The maximum absolute atomic E-state index is 13.1. The molecule has 7 nitrogen and oxygen atoms in total. The van der Waals surface area contributed by atoms with Gasteiger partial charge in [0.15, 0.2) is 0 Å². The number of hydrogen-bond acceptors (Lipinski definition) is 6. The monoisotopic (exact) mass is 431 g/mol. The van der Waals surface area contributed by atoms with Crippen molar-refractivity contribution in [2.75, 3.05) is 31.6 Å². The molecule has 3 aromatic rings. The van der Waals surface area contributed by atoms with E-state index in [4.69, 9.17) is 14.7 Å². The molecule has 0 spiro atoms. The number of methoxy groups -OCH3 is 1. The third kappa shape index (κ3) is 3.54. The van der Waals surface area contributed by atoms with Crippen LogP contribution in [0, 0.1) is 0 Å². The van der Waals surface area contributed by atoms with E-state index >= 15 is 0 Å². The van der Waals surface area contributed by atoms with Gasteiger partial charge in [-0.2, -0.15) is 0 Å². The molecule has 2 aromatic heterocycles. The Morgan fingerprint density at radius 3 is 2.81 bits per heavy atom. The van der Waals surface area contributed by atoms with E-state index in [1.807, 2.05) is 18.3 Å². The summed E-state index contributed by atoms with van der Waals surface area (Å²) in [6, 6.07) is 6.00. The average molecular weight is 432 g/mol. The van der Waals surface area contributed by atoms with Crippen molar-refractivity contribution in [1.82, 2.24) is 19.9 Å². The standard InChI is InChI=1S/C25H29N5O2/c1-32-18-12-20(16-4-5-16)23-21(13-18)27-25(28-24(23)31)30-11-7-19-17(14-30)6-8-26-22(19)15-29-9-2-3-10-29/h6,8,12-13,16H,2-5,7,9-11,14-15H2,1H3,(H,27,28,31). The topological polar surface area (TPSA) is 74.4 Å². The highest BCUT2D eigenvalue weighted by Gasteiger charge is 2.29. The Hall–Kier alpha value is -2.93. The van der Waals surface area contributed by atoms with Crippen molar-refractivity contribution >= 4 is 16.9 Å². The van der Waals surface area contributed by atoms with E-state index in [2.05, 4.69) is 20.9 Å². The lowest BCUT2D eigenvalue weighted by Crippen LogP contribution is -2.34. The van der Waals surface area contributed by atoms with Crippen molar-refractivity contribution in [3.63, 3.8) is 0 Å². The largest absolute Gasteiger partial charge is 0.497 e. The maximum Gasteiger partial charge on any atom is 0.260 e. The quantitative estimate of drug-likeness (QED) is 0.668. The molecular formula is C25H29N5O2. The number of aromatic amines is 1. The van der Waals surface area contributed by atoms with Crippen molar-refractivity contribution in [3.05, 3.63) is 57.1 Å². The van der Waals surface area contributed by atoms with Crippen LogP contribution in [0.5, 0.6) is 5.75 Å². The summed E-state index contributed by atoms with van der Waals surface area (Å²) >= 11 is 0. The van der Waals surface area contributed by atoms with E-state index in [-0.39, 0.29) is 5.56 Å². The number of hydrogen-bond donors (Lipinski definition) is 1. The van der Waals surface area contributed by atoms with Gasteiger partial charge in [-0.1, -0.05) is 0 Å². The molecule has 4 heterocycles. The predicted molar refractivity (Wildman–Crippen MR) is 124 cm³/mol. The van der Waals surface area contributed by atoms with Crippen LogP contribution in [-0.4, -0.2) is 46.6 Å². The second kappa shape index (κ2) is 7.89. The van der Waals surface area contributed by atoms with Crippen molar-refractivity contribution in [2.24, 2.45) is 0 Å². The Morgan fingerprint density at radius 1 is 1.19 bits per heavy atom. The van der Waals surface area contributed by atoms with Crippen molar-refractivity contribution in [3.8, 4) is 5.75 Å². The van der Waals surface area contributed by atoms with Crippen LogP contribution in [-0.2, 0) is 19.5 Å². The Balaban J connectivity index is 1.33. The molecule has 1 aliphatic carbocycles. The molecule has 2 aliphatic heterocycles. The molecule has 2 fully saturated rings. The van der Waals surface area contributed by atoms with Gasteiger partial charge in [0.25, 0.3) is 5.56 Å². The highest BCUT2D eigenvalue weighted by Crippen LogP contribution is 2.43. The summed E-state index contributed by atoms with van der Waals surface area (Å²) in [4.78, 5) is 30.5. The van der Waals surface area contributed by atoms with Gasteiger partial charge in [0.1, 0.15) is 5.75 Å². The van der Waals surface area contributed by atoms with Gasteiger partial charge in [-0.25, -0.2) is 4.98 Å². The smallest absolute Gasteiger partial charge is 0.260 e. The van der Waals surface area contributed by atoms with Crippen LogP contribution < -0.4 is 15.2 Å². The highest BCUT2D eigenvalue weighted by molar-refractivity contribution is 5.85. The number of ether oxygens (including phenoxy) is 1. The van der Waals surface area contributed by atoms with Crippen LogP contribution in [0.15, 0.2) is 29.2 Å². The first-order chi connectivity index (χ1) is 15.7. The zero-order chi connectivity index (χ0) is 21.7. The molecule has 166 valence electrons. The van der Waals surface area contributed by atoms with Gasteiger partial charge in [-0.3, -0.25) is 19.7 Å². The summed E-state index contributed by atoms with van der Waals surface area (Å²) in [6.07, 6.45) is 7.67. The Bertz CT molecular complexity index is 1230. The zero-order valence-corrected chi connectivity index (χ0v) is 18.6. The predicted octanol–water partition coefficient (Wildman–Crippen LogP) is 3.36. The fourth-order valence-electron chi connectivity index (χ4n) is 5.28. The molecule has 1 saturated carbocycles. The molecule has 0 unspecified atom stereocenters. The van der Waals surface area contributed by atoms with E-state index in [9.17, 15) is 4.79 Å². The lowest BCUT2D eigenvalue weighted by atomic mass is 9.98. The Labute approximate surface area is 187 Å². The number of pyridine rings is 1. The number of rotatable bonds is 5. The van der Waals surface area contributed by atoms with Crippen LogP contribution in [0.25, 0.3) is 10.9 Å². The summed E-state index contributed by atoms with van der Waals surface area (Å²) in [5.74, 6) is 1.86. The maximum atomic E-state index is 13.1. The summed E-state index contributed by atoms with van der Waals surface area (Å²) in [5, 5.41) is 0.714. The molecule has 3 aliphatic rings. The number of H-pyrrole nitrogens is 1. The van der Waals surface area contributed by atoms with Gasteiger partial charge < -0.3 is 9.64 Å². The van der Waals surface area contributed by atoms with E-state index < -0.39 is 0 Å². The number of aromatic nitrogens is 3. The van der Waals surface area contributed by atoms with Gasteiger partial charge in [-0.15, -0.1) is 0 Å². The zero-order valence-electron chi connectivity index (χ0n) is 18.6. The molecule has 0 bridgehead atoms. The molecule has 7 heteroatoms. The van der Waals surface area contributed by atoms with Crippen LogP contribution in [0.2, 0.25) is 0 Å². The average Bonchev–Trinajstić information content (AvgIpc) is 3.54. The van der Waals surface area contributed by atoms with Crippen molar-refractivity contribution in [2.45, 2.75) is 51.1 Å². The molecule has 0 radical (unpaired) electrons. The van der Waals surface area contributed by atoms with Gasteiger partial charge in [0, 0.05) is 31.9 Å². The number of fused-ring (bicyclic) bond motifs is 2. The summed E-state index contributed by atoms with van der Waals surface area (Å²) < 4.78 is 5.50. The second-order valence-electron chi connectivity index (χ2n) is 9.32. The van der Waals surface area contributed by atoms with Gasteiger partial charge in [0.05, 0.1) is 23.7 Å². The number of benzene rings is 1. The van der Waals surface area contributed by atoms with Crippen LogP contribution >= 0.6 is 0 Å². The van der Waals surface area contributed by atoms with E-state index in [1.54, 1.807) is 7.11 Å². The molecule has 0 amide bonds. The minimum Gasteiger partial charge on any atom is -0.497 e. The molecule has 1 aromatic carbocycles. The number of nitrogens with zero attached hydrogens (tertiary/aromatic N) is 4. The minimum atomic E-state index is -0.0511. The normalized spacial score (nSPS) is 18.8. The molecular weight excluding hydrogens is 402 g/mol. The Morgan fingerprint density at radius 2 is 2.03 bits per heavy atom. The first-order valence-electron chi connectivity index (χ1n) is 11.7. The van der Waals surface area contributed by atoms with Crippen LogP contribution in [0.4, 0.5) is 5.95 Å². The van der Waals surface area contributed by atoms with Gasteiger partial charge in [0.2, 0.25) is 5.95 Å². The van der Waals surface area contributed by atoms with E-state index in [0.717, 1.165) is 55.7 Å². The molecule has 1 N–H and O–H groups in total. The summed E-state index contributed by atoms with van der Waals surface area (Å²) in [5.41, 5.74) is 5.61. The highest BCUT2D eigenvalue weighted by atomic mass is 16.5. The fraction of sp³-hybridized carbons (Fsp3) is 0.480. The van der Waals surface area contributed by atoms with Crippen LogP contribution in [0.1, 0.15) is 54.0 Å². The van der Waals surface area contributed by atoms with Crippen molar-refractivity contribution < 1.29 is 4.74 Å². The SMILES string of the molecule is COc1cc(C2CC2)c2c(=O)[nH]c(N3CCc4c(ccnc4CN4CCCC4)C3)nc2c1. The molecule has 0 atom stereocenters. The lowest BCUT2D eigenvalue weighted by molar-refractivity contribution is 0.325. The van der Waals surface area contributed by atoms with Crippen molar-refractivity contribution in [1.29, 1.82) is 0 Å². The van der Waals surface area contributed by atoms with E-state index in [0.29, 0.717) is 17.3 Å². The third-order valence-electron chi connectivity index (χ3n) is 7.16. The second-order valence-corrected chi connectivity index (χ2v) is 9.32. The fourth-order valence-corrected chi connectivity index (χ4v) is 5.28. The molecule has 32 heavy (non-hydrogen) atoms. The number of anilines is 1.